The molecule has 194 valence electrons. The molecule has 1 aromatic carbocycles. The van der Waals surface area contributed by atoms with E-state index in [4.69, 9.17) is 0 Å². The number of aromatic nitrogens is 2. The molecular formula is C27H29BrN4O4S. The highest BCUT2D eigenvalue weighted by molar-refractivity contribution is 9.10. The highest BCUT2D eigenvalue weighted by Crippen LogP contribution is 2.29. The Bertz CT molecular complexity index is 1280. The highest BCUT2D eigenvalue weighted by Gasteiger charge is 2.38. The number of halogens is 1. The first kappa shape index (κ1) is 26.9. The summed E-state index contributed by atoms with van der Waals surface area (Å²) >= 11 is 4.72. The number of amides is 2. The van der Waals surface area contributed by atoms with Gasteiger partial charge in [-0.05, 0) is 51.9 Å². The molecule has 2 amide bonds. The van der Waals surface area contributed by atoms with Crippen LogP contribution in [0.15, 0.2) is 53.3 Å². The molecule has 3 heterocycles. The van der Waals surface area contributed by atoms with Gasteiger partial charge in [0.2, 0.25) is 5.91 Å². The van der Waals surface area contributed by atoms with Crippen molar-refractivity contribution in [1.82, 2.24) is 20.2 Å². The molecule has 0 saturated carbocycles. The number of nitrogens with zero attached hydrogens (tertiary/aromatic N) is 3. The minimum atomic E-state index is -1.03. The monoisotopic (exact) mass is 584 g/mol. The van der Waals surface area contributed by atoms with Crippen molar-refractivity contribution in [2.75, 3.05) is 6.54 Å². The molecule has 2 atom stereocenters. The van der Waals surface area contributed by atoms with Gasteiger partial charge in [0.05, 0.1) is 9.35 Å². The lowest BCUT2D eigenvalue weighted by molar-refractivity contribution is -0.148. The number of carboxylic acid groups (broad SMARTS) is 1. The first-order chi connectivity index (χ1) is 17.5. The Hall–Kier alpha value is -3.11. The second kappa shape index (κ2) is 11.1. The topological polar surface area (TPSA) is 112 Å². The highest BCUT2D eigenvalue weighted by atomic mass is 79.9. The van der Waals surface area contributed by atoms with Gasteiger partial charge in [0, 0.05) is 35.8 Å². The van der Waals surface area contributed by atoms with Gasteiger partial charge in [-0.2, -0.15) is 0 Å². The van der Waals surface area contributed by atoms with Crippen LogP contribution in [0.25, 0.3) is 11.4 Å². The van der Waals surface area contributed by atoms with Gasteiger partial charge in [0.1, 0.15) is 12.1 Å². The number of hydrogen-bond acceptors (Lipinski definition) is 6. The normalized spacial score (nSPS) is 16.4. The quantitative estimate of drug-likeness (QED) is 0.417. The van der Waals surface area contributed by atoms with Crippen molar-refractivity contribution < 1.29 is 19.5 Å². The van der Waals surface area contributed by atoms with E-state index < -0.39 is 18.1 Å². The van der Waals surface area contributed by atoms with Gasteiger partial charge in [-0.1, -0.05) is 45.0 Å². The lowest BCUT2D eigenvalue weighted by Gasteiger charge is -2.27. The standard InChI is InChI=1S/C27H29BrN4O4S/c1-27(2,3)22-11-10-21(37-22)24(33)31-19(25(34)32-12-4-5-20(32)26(35)36)13-16-6-8-17(9-7-16)23-29-14-18(28)15-30-23/h6-11,14-15,19-20H,4-5,12-13H2,1-3H3,(H,31,33)(H,35,36)/t19-,20?/m0/s1. The fraction of sp³-hybridized carbons (Fsp3) is 0.370. The fourth-order valence-electron chi connectivity index (χ4n) is 4.27. The molecule has 1 aliphatic heterocycles. The predicted octanol–water partition coefficient (Wildman–Crippen LogP) is 4.68. The number of carbonyl (C=O) groups is 3. The summed E-state index contributed by atoms with van der Waals surface area (Å²) in [4.78, 5) is 50.0. The number of carboxylic acids is 1. The van der Waals surface area contributed by atoms with Crippen LogP contribution in [-0.2, 0) is 21.4 Å². The van der Waals surface area contributed by atoms with Gasteiger partial charge in [0.15, 0.2) is 5.82 Å². The summed E-state index contributed by atoms with van der Waals surface area (Å²) in [6.45, 7) is 6.59. The van der Waals surface area contributed by atoms with Crippen LogP contribution in [0.5, 0.6) is 0 Å². The average molecular weight is 586 g/mol. The number of carbonyl (C=O) groups excluding carboxylic acids is 2. The molecule has 0 bridgehead atoms. The second-order valence-corrected chi connectivity index (χ2v) is 12.1. The van der Waals surface area contributed by atoms with Crippen LogP contribution in [0.4, 0.5) is 0 Å². The van der Waals surface area contributed by atoms with Gasteiger partial charge < -0.3 is 15.3 Å². The van der Waals surface area contributed by atoms with Crippen molar-refractivity contribution in [3.8, 4) is 11.4 Å². The lowest BCUT2D eigenvalue weighted by atomic mass is 9.95. The van der Waals surface area contributed by atoms with Gasteiger partial charge in [-0.25, -0.2) is 14.8 Å². The maximum Gasteiger partial charge on any atom is 0.326 e. The third-order valence-electron chi connectivity index (χ3n) is 6.27. The molecule has 0 spiro atoms. The van der Waals surface area contributed by atoms with Crippen LogP contribution in [0.1, 0.15) is 53.7 Å². The van der Waals surface area contributed by atoms with E-state index in [0.717, 1.165) is 20.5 Å². The second-order valence-electron chi connectivity index (χ2n) is 10.1. The molecule has 3 aromatic rings. The van der Waals surface area contributed by atoms with Gasteiger partial charge >= 0.3 is 5.97 Å². The van der Waals surface area contributed by atoms with Crippen molar-refractivity contribution >= 4 is 45.1 Å². The van der Waals surface area contributed by atoms with E-state index in [1.54, 1.807) is 18.5 Å². The van der Waals surface area contributed by atoms with Crippen LogP contribution >= 0.6 is 27.3 Å². The van der Waals surface area contributed by atoms with Crippen LogP contribution in [0, 0.1) is 0 Å². The molecule has 10 heteroatoms. The molecular weight excluding hydrogens is 556 g/mol. The fourth-order valence-corrected chi connectivity index (χ4v) is 5.44. The maximum atomic E-state index is 13.5. The minimum Gasteiger partial charge on any atom is -0.480 e. The van der Waals surface area contributed by atoms with E-state index in [2.05, 4.69) is 52.0 Å². The Balaban J connectivity index is 1.56. The van der Waals surface area contributed by atoms with Gasteiger partial charge in [0.25, 0.3) is 5.91 Å². The van der Waals surface area contributed by atoms with Crippen molar-refractivity contribution in [2.45, 2.75) is 57.5 Å². The minimum absolute atomic E-state index is 0.0943. The summed E-state index contributed by atoms with van der Waals surface area (Å²) in [5.74, 6) is -1.18. The summed E-state index contributed by atoms with van der Waals surface area (Å²) in [5.41, 5.74) is 1.55. The number of hydrogen-bond donors (Lipinski definition) is 2. The van der Waals surface area contributed by atoms with E-state index in [1.807, 2.05) is 30.3 Å². The Morgan fingerprint density at radius 1 is 1.14 bits per heavy atom. The molecule has 1 fully saturated rings. The van der Waals surface area contributed by atoms with E-state index >= 15 is 0 Å². The van der Waals surface area contributed by atoms with Gasteiger partial charge in [-0.3, -0.25) is 9.59 Å². The van der Waals surface area contributed by atoms with E-state index in [1.165, 1.54) is 16.2 Å². The molecule has 1 unspecified atom stereocenters. The van der Waals surface area contributed by atoms with Crippen LogP contribution in [0.3, 0.4) is 0 Å². The number of aliphatic carboxylic acids is 1. The number of rotatable bonds is 7. The Morgan fingerprint density at radius 2 is 1.81 bits per heavy atom. The summed E-state index contributed by atoms with van der Waals surface area (Å²) in [6.07, 6.45) is 4.59. The molecule has 2 N–H and O–H groups in total. The molecule has 8 nitrogen and oxygen atoms in total. The molecule has 2 aromatic heterocycles. The summed E-state index contributed by atoms with van der Waals surface area (Å²) < 4.78 is 0.784. The number of nitrogens with one attached hydrogen (secondary N) is 1. The maximum absolute atomic E-state index is 13.5. The zero-order chi connectivity index (χ0) is 26.7. The van der Waals surface area contributed by atoms with Crippen molar-refractivity contribution in [3.63, 3.8) is 0 Å². The van der Waals surface area contributed by atoms with Crippen molar-refractivity contribution in [1.29, 1.82) is 0 Å². The van der Waals surface area contributed by atoms with Crippen LogP contribution in [-0.4, -0.2) is 56.4 Å². The third kappa shape index (κ3) is 6.42. The predicted molar refractivity (Wildman–Crippen MR) is 146 cm³/mol. The Labute approximate surface area is 228 Å². The van der Waals surface area contributed by atoms with Crippen LogP contribution < -0.4 is 5.32 Å². The lowest BCUT2D eigenvalue weighted by Crippen LogP contribution is -2.52. The summed E-state index contributed by atoms with van der Waals surface area (Å²) in [7, 11) is 0. The summed E-state index contributed by atoms with van der Waals surface area (Å²) in [5, 5.41) is 12.5. The van der Waals surface area contributed by atoms with Crippen LogP contribution in [0.2, 0.25) is 0 Å². The first-order valence-corrected chi connectivity index (χ1v) is 13.6. The zero-order valence-electron chi connectivity index (χ0n) is 20.9. The summed E-state index contributed by atoms with van der Waals surface area (Å²) in [6, 6.07) is 9.40. The van der Waals surface area contributed by atoms with E-state index in [0.29, 0.717) is 30.1 Å². The largest absolute Gasteiger partial charge is 0.480 e. The molecule has 4 rings (SSSR count). The molecule has 0 aliphatic carbocycles. The van der Waals surface area contributed by atoms with Crippen molar-refractivity contribution in [2.24, 2.45) is 0 Å². The SMILES string of the molecule is CC(C)(C)c1ccc(C(=O)N[C@@H](Cc2ccc(-c3ncc(Br)cn3)cc2)C(=O)N2CCCC2C(=O)O)s1. The Morgan fingerprint density at radius 3 is 2.41 bits per heavy atom. The van der Waals surface area contributed by atoms with E-state index in [-0.39, 0.29) is 23.7 Å². The number of benzene rings is 1. The third-order valence-corrected chi connectivity index (χ3v) is 8.18. The van der Waals surface area contributed by atoms with Crippen molar-refractivity contribution in [3.05, 3.63) is 68.6 Å². The molecule has 1 saturated heterocycles. The smallest absolute Gasteiger partial charge is 0.326 e. The number of thiophene rings is 1. The first-order valence-electron chi connectivity index (χ1n) is 12.0. The zero-order valence-corrected chi connectivity index (χ0v) is 23.3. The van der Waals surface area contributed by atoms with Gasteiger partial charge in [-0.15, -0.1) is 11.3 Å². The molecule has 0 radical (unpaired) electrons. The average Bonchev–Trinajstić information content (AvgIpc) is 3.54. The Kier molecular flexibility index (Phi) is 8.08. The molecule has 1 aliphatic rings. The number of likely N-dealkylation sites (tertiary alicyclic amines) is 1. The van der Waals surface area contributed by atoms with E-state index in [9.17, 15) is 19.5 Å². The molecule has 37 heavy (non-hydrogen) atoms.